The molecular weight excluding hydrogens is 787 g/mol. The van der Waals surface area contributed by atoms with Gasteiger partial charge in [-0.25, -0.2) is 0 Å². The van der Waals surface area contributed by atoms with Gasteiger partial charge in [0.15, 0.2) is 0 Å². The largest absolute Gasteiger partial charge is 0.309 e. The van der Waals surface area contributed by atoms with Gasteiger partial charge in [0.25, 0.3) is 0 Å². The normalized spacial score (nSPS) is 13.1. The number of hydrogen-bond donors (Lipinski definition) is 0. The summed E-state index contributed by atoms with van der Waals surface area (Å²) >= 11 is 3.82. The predicted octanol–water partition coefficient (Wildman–Crippen LogP) is 17.8. The third-order valence-corrected chi connectivity index (χ3v) is 16.0. The molecule has 292 valence electrons. The molecule has 10 aromatic carbocycles. The minimum absolute atomic E-state index is 0.0933. The van der Waals surface area contributed by atoms with Gasteiger partial charge in [-0.3, -0.25) is 0 Å². The molecule has 0 fully saturated rings. The molecule has 0 radical (unpaired) electrons. The minimum atomic E-state index is -0.0933. The molecule has 0 unspecified atom stereocenters. The molecule has 0 amide bonds. The summed E-state index contributed by atoms with van der Waals surface area (Å²) in [4.78, 5) is 2.47. The number of benzene rings is 10. The van der Waals surface area contributed by atoms with Crippen LogP contribution in [0, 0.1) is 0 Å². The van der Waals surface area contributed by atoms with E-state index in [1.807, 2.05) is 22.7 Å². The molecule has 0 N–H and O–H groups in total. The van der Waals surface area contributed by atoms with E-state index in [2.05, 4.69) is 219 Å². The maximum atomic E-state index is 2.47. The average molecular weight is 826 g/mol. The molecule has 62 heavy (non-hydrogen) atoms. The summed E-state index contributed by atoms with van der Waals surface area (Å²) in [6.07, 6.45) is 0. The van der Waals surface area contributed by atoms with Gasteiger partial charge in [0.2, 0.25) is 0 Å². The zero-order valence-electron chi connectivity index (χ0n) is 34.3. The lowest BCUT2D eigenvalue weighted by molar-refractivity contribution is 0.662. The van der Waals surface area contributed by atoms with Crippen molar-refractivity contribution in [2.24, 2.45) is 0 Å². The van der Waals surface area contributed by atoms with E-state index < -0.39 is 0 Å². The lowest BCUT2D eigenvalue weighted by Gasteiger charge is -2.27. The topological polar surface area (TPSA) is 3.24 Å². The lowest BCUT2D eigenvalue weighted by atomic mass is 9.79. The Morgan fingerprint density at radius 3 is 1.48 bits per heavy atom. The SMILES string of the molecule is CC1(C)c2ccccc2-c2cccc(-c3ccc(N(c4ccc(-c5cccc6c5sc5c7ccccc7ccc65)cc4)c4cccc5c4sc4c6ccccc6ccc54)cc3)c21. The fourth-order valence-electron chi connectivity index (χ4n) is 10.5. The molecule has 0 atom stereocenters. The van der Waals surface area contributed by atoms with Crippen LogP contribution in [0.5, 0.6) is 0 Å². The van der Waals surface area contributed by atoms with Crippen molar-refractivity contribution in [2.45, 2.75) is 19.3 Å². The Kier molecular flexibility index (Phi) is 7.76. The maximum absolute atomic E-state index is 2.47. The molecule has 0 saturated heterocycles. The summed E-state index contributed by atoms with van der Waals surface area (Å²) in [7, 11) is 0. The van der Waals surface area contributed by atoms with Gasteiger partial charge in [-0.2, -0.15) is 0 Å². The molecule has 2 heterocycles. The molecule has 12 aromatic rings. The van der Waals surface area contributed by atoms with Gasteiger partial charge in [0, 0.05) is 52.4 Å². The summed E-state index contributed by atoms with van der Waals surface area (Å²) in [6, 6.07) is 74.6. The molecule has 1 nitrogen and oxygen atoms in total. The standard InChI is InChI=1S/C59H39NS2/c1-59(2)52-22-8-7-16-46(52)47-19-9-17-42(54(47)59)38-24-30-40(31-25-38)60(53-23-11-21-49-51-35-29-37-13-4-6-15-44(37)57(51)62-58(49)53)41-32-26-39(27-33-41)45-18-10-20-48-50-34-28-36-12-3-5-14-43(36)56(50)61-55(45)48/h3-35H,1-2H3. The first-order chi connectivity index (χ1) is 30.5. The van der Waals surface area contributed by atoms with Crippen LogP contribution in [0.1, 0.15) is 25.0 Å². The van der Waals surface area contributed by atoms with Crippen LogP contribution in [0.15, 0.2) is 200 Å². The van der Waals surface area contributed by atoms with Crippen LogP contribution >= 0.6 is 22.7 Å². The fourth-order valence-corrected chi connectivity index (χ4v) is 13.2. The molecule has 0 bridgehead atoms. The Labute approximate surface area is 368 Å². The van der Waals surface area contributed by atoms with Crippen molar-refractivity contribution in [1.29, 1.82) is 0 Å². The number of fused-ring (bicyclic) bond motifs is 13. The van der Waals surface area contributed by atoms with Crippen LogP contribution in [-0.4, -0.2) is 0 Å². The smallest absolute Gasteiger partial charge is 0.0640 e. The fraction of sp³-hybridized carbons (Fsp3) is 0.0508. The lowest BCUT2D eigenvalue weighted by Crippen LogP contribution is -2.16. The Bertz CT molecular complexity index is 3770. The zero-order valence-corrected chi connectivity index (χ0v) is 35.9. The Morgan fingerprint density at radius 2 is 0.806 bits per heavy atom. The van der Waals surface area contributed by atoms with Crippen LogP contribution < -0.4 is 4.90 Å². The highest BCUT2D eigenvalue weighted by molar-refractivity contribution is 7.27. The van der Waals surface area contributed by atoms with Crippen molar-refractivity contribution in [1.82, 2.24) is 0 Å². The van der Waals surface area contributed by atoms with Gasteiger partial charge in [0.05, 0.1) is 10.4 Å². The summed E-state index contributed by atoms with van der Waals surface area (Å²) < 4.78 is 5.31. The summed E-state index contributed by atoms with van der Waals surface area (Å²) in [5.74, 6) is 0. The third kappa shape index (κ3) is 5.19. The van der Waals surface area contributed by atoms with Gasteiger partial charge in [0.1, 0.15) is 0 Å². The van der Waals surface area contributed by atoms with Crippen molar-refractivity contribution in [3.63, 3.8) is 0 Å². The van der Waals surface area contributed by atoms with Crippen LogP contribution in [0.25, 0.3) is 95.3 Å². The van der Waals surface area contributed by atoms with E-state index in [-0.39, 0.29) is 5.41 Å². The quantitative estimate of drug-likeness (QED) is 0.167. The first kappa shape index (κ1) is 35.7. The summed E-state index contributed by atoms with van der Waals surface area (Å²) in [5.41, 5.74) is 13.9. The van der Waals surface area contributed by atoms with E-state index in [9.17, 15) is 0 Å². The van der Waals surface area contributed by atoms with E-state index >= 15 is 0 Å². The van der Waals surface area contributed by atoms with E-state index in [1.54, 1.807) is 0 Å². The van der Waals surface area contributed by atoms with Gasteiger partial charge in [-0.1, -0.05) is 184 Å². The minimum Gasteiger partial charge on any atom is -0.309 e. The highest BCUT2D eigenvalue weighted by Crippen LogP contribution is 2.53. The Balaban J connectivity index is 0.968. The predicted molar refractivity (Wildman–Crippen MR) is 270 cm³/mol. The van der Waals surface area contributed by atoms with Gasteiger partial charge in [-0.05, 0) is 96.4 Å². The number of anilines is 3. The Morgan fingerprint density at radius 1 is 0.339 bits per heavy atom. The Hall–Kier alpha value is -7.04. The van der Waals surface area contributed by atoms with Crippen molar-refractivity contribution in [2.75, 3.05) is 4.90 Å². The highest BCUT2D eigenvalue weighted by Gasteiger charge is 2.37. The van der Waals surface area contributed by atoms with Crippen molar-refractivity contribution in [3.05, 3.63) is 211 Å². The average Bonchev–Trinajstić information content (AvgIpc) is 3.98. The second-order valence-electron chi connectivity index (χ2n) is 17.2. The van der Waals surface area contributed by atoms with Crippen LogP contribution in [0.3, 0.4) is 0 Å². The molecule has 2 aromatic heterocycles. The summed E-state index contributed by atoms with van der Waals surface area (Å²) in [6.45, 7) is 4.75. The monoisotopic (exact) mass is 825 g/mol. The first-order valence-corrected chi connectivity index (χ1v) is 23.0. The van der Waals surface area contributed by atoms with Gasteiger partial charge >= 0.3 is 0 Å². The first-order valence-electron chi connectivity index (χ1n) is 21.4. The molecule has 13 rings (SSSR count). The maximum Gasteiger partial charge on any atom is 0.0640 e. The van der Waals surface area contributed by atoms with E-state index in [0.717, 1.165) is 11.4 Å². The second kappa shape index (κ2) is 13.5. The van der Waals surface area contributed by atoms with Crippen molar-refractivity contribution in [3.8, 4) is 33.4 Å². The van der Waals surface area contributed by atoms with E-state index in [1.165, 1.54) is 112 Å². The summed E-state index contributed by atoms with van der Waals surface area (Å²) in [5, 5.41) is 10.4. The molecule has 1 aliphatic rings. The third-order valence-electron chi connectivity index (χ3n) is 13.5. The number of thiophene rings is 2. The molecule has 0 saturated carbocycles. The van der Waals surface area contributed by atoms with Crippen LogP contribution in [0.2, 0.25) is 0 Å². The van der Waals surface area contributed by atoms with Gasteiger partial charge in [-0.15, -0.1) is 22.7 Å². The highest BCUT2D eigenvalue weighted by atomic mass is 32.1. The van der Waals surface area contributed by atoms with E-state index in [0.29, 0.717) is 0 Å². The number of rotatable bonds is 5. The molecule has 0 aliphatic heterocycles. The molecule has 3 heteroatoms. The van der Waals surface area contributed by atoms with Gasteiger partial charge < -0.3 is 4.90 Å². The van der Waals surface area contributed by atoms with Crippen molar-refractivity contribution >= 4 is 102 Å². The zero-order chi connectivity index (χ0) is 41.1. The van der Waals surface area contributed by atoms with Crippen LogP contribution in [-0.2, 0) is 5.41 Å². The van der Waals surface area contributed by atoms with E-state index in [4.69, 9.17) is 0 Å². The molecular formula is C59H39NS2. The van der Waals surface area contributed by atoms with Crippen LogP contribution in [0.4, 0.5) is 17.1 Å². The second-order valence-corrected chi connectivity index (χ2v) is 19.2. The number of hydrogen-bond acceptors (Lipinski definition) is 3. The molecule has 1 aliphatic carbocycles. The van der Waals surface area contributed by atoms with Crippen molar-refractivity contribution < 1.29 is 0 Å². The molecule has 0 spiro atoms. The number of nitrogens with zero attached hydrogens (tertiary/aromatic N) is 1.